The molecule has 360 valence electrons. The number of carboxylic acids is 1. The Labute approximate surface area is 408 Å². The number of hydrogen-bond acceptors (Lipinski definition) is 13. The Kier molecular flexibility index (Phi) is 22.3. The van der Waals surface area contributed by atoms with Crippen molar-refractivity contribution in [2.75, 3.05) is 33.4 Å². The van der Waals surface area contributed by atoms with E-state index in [1.54, 1.807) is 19.1 Å². The largest absolute Gasteiger partial charge is 0.480 e. The number of carbonyl (C=O) groups excluding carboxylic acids is 3. The summed E-state index contributed by atoms with van der Waals surface area (Å²) in [5.74, 6) is -2.42. The minimum atomic E-state index is -1.47. The van der Waals surface area contributed by atoms with Gasteiger partial charge >= 0.3 is 41.5 Å². The van der Waals surface area contributed by atoms with Crippen molar-refractivity contribution in [3.05, 3.63) is 71.8 Å². The van der Waals surface area contributed by atoms with Crippen LogP contribution < -0.4 is 0 Å². The molecule has 0 radical (unpaired) electrons. The van der Waals surface area contributed by atoms with Gasteiger partial charge in [0.05, 0.1) is 18.3 Å². The van der Waals surface area contributed by atoms with Crippen molar-refractivity contribution in [1.82, 2.24) is 9.80 Å². The maximum atomic E-state index is 13.0. The lowest BCUT2D eigenvalue weighted by molar-refractivity contribution is -0.149. The van der Waals surface area contributed by atoms with Crippen LogP contribution in [0.25, 0.3) is 0 Å². The number of benzene rings is 2. The summed E-state index contributed by atoms with van der Waals surface area (Å²) in [6.07, 6.45) is 1.39. The first-order chi connectivity index (χ1) is 30.5. The van der Waals surface area contributed by atoms with Crippen molar-refractivity contribution < 1.29 is 68.1 Å². The first-order valence-electron chi connectivity index (χ1n) is 21.6. The van der Waals surface area contributed by atoms with E-state index < -0.39 is 71.3 Å². The van der Waals surface area contributed by atoms with Crippen LogP contribution in [0.2, 0.25) is 12.6 Å². The number of aliphatic hydroxyl groups is 2. The summed E-state index contributed by atoms with van der Waals surface area (Å²) >= 11 is 9.31. The number of esters is 1. The molecule has 0 unspecified atom stereocenters. The fraction of sp³-hybridized carbons (Fsp3) is 0.628. The second-order valence-corrected chi connectivity index (χ2v) is 24.5. The van der Waals surface area contributed by atoms with E-state index in [4.69, 9.17) is 33.6 Å². The van der Waals surface area contributed by atoms with Gasteiger partial charge in [-0.25, -0.2) is 19.2 Å². The van der Waals surface area contributed by atoms with Crippen LogP contribution in [-0.2, 0) is 46.3 Å². The second-order valence-electron chi connectivity index (χ2n) is 18.0. The zero-order valence-corrected chi connectivity index (χ0v) is 43.0. The monoisotopic (exact) mass is 1100 g/mol. The molecular formula is C43H64B3Br3N2O14. The number of methoxy groups -OCH3 is 1. The molecule has 0 saturated carbocycles. The number of ether oxygens (including phenoxy) is 3. The van der Waals surface area contributed by atoms with Gasteiger partial charge in [0.2, 0.25) is 0 Å². The van der Waals surface area contributed by atoms with Gasteiger partial charge in [-0.3, -0.25) is 9.80 Å². The number of amides is 2. The molecule has 3 aliphatic rings. The highest BCUT2D eigenvalue weighted by atomic mass is 79.9. The zero-order valence-electron chi connectivity index (χ0n) is 38.2. The average molecular weight is 1110 g/mol. The highest BCUT2D eigenvalue weighted by molar-refractivity contribution is 9.69. The van der Waals surface area contributed by atoms with Gasteiger partial charge < -0.3 is 48.9 Å². The van der Waals surface area contributed by atoms with Crippen LogP contribution in [0.3, 0.4) is 0 Å². The fourth-order valence-electron chi connectivity index (χ4n) is 8.76. The van der Waals surface area contributed by atoms with Crippen LogP contribution in [0.1, 0.15) is 78.4 Å². The number of likely N-dealkylation sites (tertiary alicyclic amines) is 2. The standard InChI is InChI=1S/C25H38BNO7.C18H26BNO7.BBr3/c1-23(2)24(3,4)34-26(33-23)14-10-13-25(5)19(16-28)15-27(20(25)21(29)31-6)22(30)32-17-18-11-8-7-9-12-18;1-18(8-5-9-19(25)26)14(11-21)10-20(15(18)16(22)23)17(24)27-12-13-6-3-2-4-7-13;2-1(3)4/h7-9,11-12,19-20,28H,10,13-17H2,1-6H3;2-4,6-7,14-15,21,25-26H,5,8-12H2,1H3,(H,22,23);/t19-,20-,25-;14-,15-,18-;/m11./s1. The van der Waals surface area contributed by atoms with Crippen LogP contribution in [0, 0.1) is 22.7 Å². The molecule has 0 aliphatic carbocycles. The van der Waals surface area contributed by atoms with Crippen LogP contribution >= 0.6 is 47.3 Å². The fourth-order valence-corrected chi connectivity index (χ4v) is 8.76. The lowest BCUT2D eigenvalue weighted by Crippen LogP contribution is -2.48. The molecule has 0 aromatic heterocycles. The van der Waals surface area contributed by atoms with Crippen molar-refractivity contribution in [1.29, 1.82) is 0 Å². The summed E-state index contributed by atoms with van der Waals surface area (Å²) in [6, 6.07) is 16.4. The van der Waals surface area contributed by atoms with Gasteiger partial charge in [-0.1, -0.05) is 87.4 Å². The molecule has 3 saturated heterocycles. The van der Waals surface area contributed by atoms with Gasteiger partial charge in [-0.05, 0) is 64.3 Å². The van der Waals surface area contributed by atoms with E-state index in [0.29, 0.717) is 32.0 Å². The Hall–Kier alpha value is -2.69. The van der Waals surface area contributed by atoms with E-state index in [-0.39, 0.29) is 62.1 Å². The highest BCUT2D eigenvalue weighted by Crippen LogP contribution is 2.48. The van der Waals surface area contributed by atoms with Crippen molar-refractivity contribution in [2.24, 2.45) is 22.7 Å². The molecule has 3 heterocycles. The molecule has 0 bridgehead atoms. The first-order valence-corrected chi connectivity index (χ1v) is 24.3. The molecule has 2 aromatic rings. The number of aliphatic carboxylic acids is 1. The van der Waals surface area contributed by atoms with Gasteiger partial charge in [0.25, 0.3) is 0 Å². The van der Waals surface area contributed by atoms with E-state index >= 15 is 0 Å². The van der Waals surface area contributed by atoms with E-state index in [2.05, 4.69) is 47.3 Å². The van der Waals surface area contributed by atoms with Crippen LogP contribution in [0.15, 0.2) is 60.7 Å². The molecule has 2 amide bonds. The molecule has 6 atom stereocenters. The molecule has 5 N–H and O–H groups in total. The lowest BCUT2D eigenvalue weighted by atomic mass is 9.69. The minimum Gasteiger partial charge on any atom is -0.480 e. The Balaban J connectivity index is 0.000000326. The molecular weight excluding hydrogens is 1040 g/mol. The number of nitrogens with zero attached hydrogens (tertiary/aromatic N) is 2. The number of hydrogen-bond donors (Lipinski definition) is 5. The predicted molar refractivity (Wildman–Crippen MR) is 258 cm³/mol. The third kappa shape index (κ3) is 15.4. The van der Waals surface area contributed by atoms with Gasteiger partial charge in [0, 0.05) is 49.0 Å². The SMILES string of the molecule is BrB(Br)Br.COC(=O)[C@H]1N(C(=O)OCc2ccccc2)C[C@H](CO)[C@@]1(C)CCCB1OC(C)(C)C(C)(C)O1.C[C@@]1(CCCB(O)O)[C@@H](CO)CN(C(=O)OCc2ccccc2)[C@@H]1C(=O)O. The van der Waals surface area contributed by atoms with Gasteiger partial charge in [0.15, 0.2) is 0 Å². The maximum absolute atomic E-state index is 13.0. The van der Waals surface area contributed by atoms with E-state index in [1.807, 2.05) is 83.1 Å². The summed E-state index contributed by atoms with van der Waals surface area (Å²) in [5, 5.41) is 47.7. The third-order valence-electron chi connectivity index (χ3n) is 13.2. The summed E-state index contributed by atoms with van der Waals surface area (Å²) in [5.41, 5.74) is -0.755. The molecule has 5 rings (SSSR count). The van der Waals surface area contributed by atoms with Crippen LogP contribution in [0.5, 0.6) is 0 Å². The quantitative estimate of drug-likeness (QED) is 0.0665. The molecule has 3 fully saturated rings. The molecule has 2 aromatic carbocycles. The number of halogens is 3. The van der Waals surface area contributed by atoms with Crippen LogP contribution in [-0.4, -0.2) is 133 Å². The Bertz CT molecular complexity index is 1810. The average Bonchev–Trinajstić information content (AvgIpc) is 3.80. The smallest absolute Gasteiger partial charge is 0.457 e. The Morgan fingerprint density at radius 2 is 1.12 bits per heavy atom. The summed E-state index contributed by atoms with van der Waals surface area (Å²) < 4.78 is 28.3. The Morgan fingerprint density at radius 1 is 0.723 bits per heavy atom. The molecule has 3 aliphatic heterocycles. The van der Waals surface area contributed by atoms with Gasteiger partial charge in [-0.15, -0.1) is 47.3 Å². The number of carbonyl (C=O) groups is 4. The molecule has 16 nitrogen and oxygen atoms in total. The minimum absolute atomic E-state index is 0.0275. The van der Waals surface area contributed by atoms with E-state index in [9.17, 15) is 34.5 Å². The van der Waals surface area contributed by atoms with Crippen molar-refractivity contribution in [2.45, 2.75) is 116 Å². The van der Waals surface area contributed by atoms with Gasteiger partial charge in [-0.2, -0.15) is 0 Å². The topological polar surface area (TPSA) is 222 Å². The number of aliphatic hydroxyl groups excluding tert-OH is 2. The van der Waals surface area contributed by atoms with Crippen LogP contribution in [0.4, 0.5) is 9.59 Å². The normalized spacial score (nSPS) is 25.1. The summed E-state index contributed by atoms with van der Waals surface area (Å²) in [7, 11) is -0.503. The Morgan fingerprint density at radius 3 is 1.51 bits per heavy atom. The maximum Gasteiger partial charge on any atom is 0.457 e. The first kappa shape index (κ1) is 56.6. The summed E-state index contributed by atoms with van der Waals surface area (Å²) in [6.45, 7) is 11.7. The molecule has 22 heteroatoms. The van der Waals surface area contributed by atoms with E-state index in [0.717, 1.165) is 16.0 Å². The zero-order chi connectivity index (χ0) is 48.8. The van der Waals surface area contributed by atoms with Crippen molar-refractivity contribution >= 4 is 88.8 Å². The number of rotatable bonds is 16. The van der Waals surface area contributed by atoms with Crippen molar-refractivity contribution in [3.63, 3.8) is 0 Å². The number of carboxylic acid groups (broad SMARTS) is 1. The molecule has 65 heavy (non-hydrogen) atoms. The van der Waals surface area contributed by atoms with Crippen molar-refractivity contribution in [3.8, 4) is 0 Å². The molecule has 0 spiro atoms. The third-order valence-corrected chi connectivity index (χ3v) is 13.2. The van der Waals surface area contributed by atoms with E-state index in [1.165, 1.54) is 12.0 Å². The lowest BCUT2D eigenvalue weighted by Gasteiger charge is -2.35. The highest BCUT2D eigenvalue weighted by Gasteiger charge is 2.58. The summed E-state index contributed by atoms with van der Waals surface area (Å²) in [4.78, 5) is 52.9. The van der Waals surface area contributed by atoms with Gasteiger partial charge in [0.1, 0.15) is 25.3 Å². The second kappa shape index (κ2) is 25.6. The predicted octanol–water partition coefficient (Wildman–Crippen LogP) is 6.78.